The molecule has 0 aromatic carbocycles. The molecule has 0 atom stereocenters. The van der Waals surface area contributed by atoms with Gasteiger partial charge >= 0.3 is 0 Å². The highest BCUT2D eigenvalue weighted by Crippen LogP contribution is 2.17. The van der Waals surface area contributed by atoms with Crippen LogP contribution in [0.1, 0.15) is 32.2 Å². The molecule has 10 heteroatoms. The van der Waals surface area contributed by atoms with Gasteiger partial charge in [0.2, 0.25) is 5.88 Å². The van der Waals surface area contributed by atoms with Gasteiger partial charge in [0.15, 0.2) is 18.6 Å². The molecule has 2 aromatic heterocycles. The number of anilines is 1. The summed E-state index contributed by atoms with van der Waals surface area (Å²) in [5.41, 5.74) is 3.05. The van der Waals surface area contributed by atoms with Crippen molar-refractivity contribution in [2.24, 2.45) is 0 Å². The molecule has 0 spiro atoms. The number of rotatable bonds is 9. The summed E-state index contributed by atoms with van der Waals surface area (Å²) in [6, 6.07) is 8.48. The zero-order valence-corrected chi connectivity index (χ0v) is 17.7. The second-order valence-corrected chi connectivity index (χ2v) is 7.10. The lowest BCUT2D eigenvalue weighted by Crippen LogP contribution is -2.22. The van der Waals surface area contributed by atoms with Gasteiger partial charge in [-0.1, -0.05) is 6.07 Å². The number of aldehydes is 1. The van der Waals surface area contributed by atoms with E-state index < -0.39 is 18.1 Å². The van der Waals surface area contributed by atoms with Crippen LogP contribution in [0.2, 0.25) is 0 Å². The number of nitrogens with zero attached hydrogens (tertiary/aromatic N) is 2. The molecule has 0 fully saturated rings. The summed E-state index contributed by atoms with van der Waals surface area (Å²) in [4.78, 5) is 23.4. The summed E-state index contributed by atoms with van der Waals surface area (Å²) < 4.78 is 30.6. The van der Waals surface area contributed by atoms with E-state index in [1.807, 2.05) is 6.92 Å². The number of halogens is 2. The molecule has 8 nitrogen and oxygen atoms in total. The predicted octanol–water partition coefficient (Wildman–Crippen LogP) is 2.90. The quantitative estimate of drug-likeness (QED) is 0.415. The normalized spacial score (nSPS) is 11.2. The first-order chi connectivity index (χ1) is 13.9. The minimum atomic E-state index is -2.90. The van der Waals surface area contributed by atoms with Crippen molar-refractivity contribution < 1.29 is 28.3 Å². The maximum absolute atomic E-state index is 12.8. The van der Waals surface area contributed by atoms with Crippen molar-refractivity contribution in [3.8, 4) is 11.6 Å². The standard InChI is InChI=1S/C16H20F2N4O2.C4H8O2/c1-11-7-13(8-14(19-3)21-11)24-20-9-12-5-4-6-15(22-12)23-10-16(2,17)18;1-4(2,6)3-5/h4-8,20H,9-10H2,1-3H3,(H,19,21);3,6H,1-2H3. The van der Waals surface area contributed by atoms with Crippen molar-refractivity contribution in [1.29, 1.82) is 0 Å². The first kappa shape index (κ1) is 25.2. The Morgan fingerprint density at radius 1 is 1.20 bits per heavy atom. The van der Waals surface area contributed by atoms with E-state index in [1.54, 1.807) is 31.3 Å². The zero-order chi connectivity index (χ0) is 22.8. The van der Waals surface area contributed by atoms with Gasteiger partial charge in [-0.2, -0.15) is 5.48 Å². The molecule has 0 bridgehead atoms. The molecule has 0 amide bonds. The van der Waals surface area contributed by atoms with E-state index in [0.29, 0.717) is 23.5 Å². The molecular formula is C20H28F2N4O4. The number of aryl methyl sites for hydroxylation is 1. The van der Waals surface area contributed by atoms with Crippen LogP contribution in [0.5, 0.6) is 11.6 Å². The van der Waals surface area contributed by atoms with Gasteiger partial charge in [0.05, 0.1) is 12.2 Å². The van der Waals surface area contributed by atoms with Crippen LogP contribution in [0.15, 0.2) is 30.3 Å². The summed E-state index contributed by atoms with van der Waals surface area (Å²) >= 11 is 0. The lowest BCUT2D eigenvalue weighted by atomic mass is 10.2. The molecule has 0 saturated heterocycles. The SMILES string of the molecule is CC(C)(O)C=O.CNc1cc(ONCc2cccc(OCC(C)(F)F)n2)cc(C)n1. The maximum atomic E-state index is 12.8. The van der Waals surface area contributed by atoms with Gasteiger partial charge in [-0.15, -0.1) is 0 Å². The molecule has 0 saturated carbocycles. The van der Waals surface area contributed by atoms with Crippen LogP contribution in [0.4, 0.5) is 14.6 Å². The van der Waals surface area contributed by atoms with Crippen molar-refractivity contribution in [3.63, 3.8) is 0 Å². The topological polar surface area (TPSA) is 106 Å². The summed E-state index contributed by atoms with van der Waals surface area (Å²) in [7, 11) is 1.77. The van der Waals surface area contributed by atoms with Crippen molar-refractivity contribution in [1.82, 2.24) is 15.4 Å². The average molecular weight is 426 g/mol. The Hall–Kier alpha value is -2.85. The fourth-order valence-corrected chi connectivity index (χ4v) is 1.85. The molecule has 30 heavy (non-hydrogen) atoms. The van der Waals surface area contributed by atoms with Gasteiger partial charge in [-0.3, -0.25) is 0 Å². The van der Waals surface area contributed by atoms with E-state index in [4.69, 9.17) is 14.7 Å². The van der Waals surface area contributed by atoms with Crippen molar-refractivity contribution in [2.45, 2.75) is 45.8 Å². The molecule has 2 aromatic rings. The van der Waals surface area contributed by atoms with E-state index in [-0.39, 0.29) is 12.4 Å². The number of hydrogen-bond acceptors (Lipinski definition) is 8. The fraction of sp³-hybridized carbons (Fsp3) is 0.450. The van der Waals surface area contributed by atoms with Gasteiger partial charge in [-0.25, -0.2) is 18.7 Å². The summed E-state index contributed by atoms with van der Waals surface area (Å²) in [5, 5.41) is 11.4. The van der Waals surface area contributed by atoms with Crippen LogP contribution in [0.3, 0.4) is 0 Å². The lowest BCUT2D eigenvalue weighted by Gasteiger charge is -2.12. The van der Waals surface area contributed by atoms with Crippen molar-refractivity contribution in [2.75, 3.05) is 19.0 Å². The lowest BCUT2D eigenvalue weighted by molar-refractivity contribution is -0.120. The van der Waals surface area contributed by atoms with Gasteiger partial charge in [0.25, 0.3) is 5.92 Å². The van der Waals surface area contributed by atoms with Crippen LogP contribution in [0, 0.1) is 6.92 Å². The predicted molar refractivity (Wildman–Crippen MR) is 109 cm³/mol. The molecule has 0 aliphatic heterocycles. The number of ether oxygens (including phenoxy) is 1. The molecule has 2 heterocycles. The number of nitrogens with one attached hydrogen (secondary N) is 2. The molecule has 0 unspecified atom stereocenters. The Kier molecular flexibility index (Phi) is 9.54. The fourth-order valence-electron chi connectivity index (χ4n) is 1.85. The largest absolute Gasteiger partial charge is 0.471 e. The number of pyridine rings is 2. The molecular weight excluding hydrogens is 398 g/mol. The highest BCUT2D eigenvalue weighted by atomic mass is 19.3. The van der Waals surface area contributed by atoms with E-state index in [9.17, 15) is 13.6 Å². The molecule has 166 valence electrons. The third kappa shape index (κ3) is 11.2. The monoisotopic (exact) mass is 426 g/mol. The Balaban J connectivity index is 0.000000656. The number of aliphatic hydroxyl groups is 1. The number of hydroxylamine groups is 1. The number of carbonyl (C=O) groups excluding carboxylic acids is 1. The van der Waals surface area contributed by atoms with E-state index in [2.05, 4.69) is 20.8 Å². The number of carbonyl (C=O) groups is 1. The second-order valence-electron chi connectivity index (χ2n) is 7.10. The zero-order valence-electron chi connectivity index (χ0n) is 17.7. The van der Waals surface area contributed by atoms with Gasteiger partial charge in [0.1, 0.15) is 11.4 Å². The highest BCUT2D eigenvalue weighted by molar-refractivity contribution is 5.60. The minimum absolute atomic E-state index is 0.146. The molecule has 2 rings (SSSR count). The Morgan fingerprint density at radius 3 is 2.43 bits per heavy atom. The molecule has 0 aliphatic rings. The van der Waals surface area contributed by atoms with Crippen LogP contribution >= 0.6 is 0 Å². The summed E-state index contributed by atoms with van der Waals surface area (Å²) in [6.45, 7) is 5.09. The summed E-state index contributed by atoms with van der Waals surface area (Å²) in [5.74, 6) is -1.46. The Morgan fingerprint density at radius 2 is 1.87 bits per heavy atom. The van der Waals surface area contributed by atoms with E-state index in [0.717, 1.165) is 12.6 Å². The summed E-state index contributed by atoms with van der Waals surface area (Å²) in [6.07, 6.45) is 0.493. The van der Waals surface area contributed by atoms with Crippen LogP contribution in [-0.4, -0.2) is 46.5 Å². The van der Waals surface area contributed by atoms with Crippen LogP contribution < -0.4 is 20.4 Å². The maximum Gasteiger partial charge on any atom is 0.278 e. The number of aromatic nitrogens is 2. The highest BCUT2D eigenvalue weighted by Gasteiger charge is 2.22. The van der Waals surface area contributed by atoms with Gasteiger partial charge < -0.3 is 24.8 Å². The van der Waals surface area contributed by atoms with Crippen LogP contribution in [-0.2, 0) is 11.3 Å². The number of hydrogen-bond donors (Lipinski definition) is 3. The first-order valence-electron chi connectivity index (χ1n) is 9.13. The Bertz CT molecular complexity index is 808. The van der Waals surface area contributed by atoms with Crippen molar-refractivity contribution in [3.05, 3.63) is 41.7 Å². The molecule has 0 radical (unpaired) electrons. The van der Waals surface area contributed by atoms with E-state index >= 15 is 0 Å². The molecule has 3 N–H and O–H groups in total. The van der Waals surface area contributed by atoms with E-state index in [1.165, 1.54) is 19.9 Å². The molecule has 0 aliphatic carbocycles. The third-order valence-electron chi connectivity index (χ3n) is 3.17. The first-order valence-corrected chi connectivity index (χ1v) is 9.13. The van der Waals surface area contributed by atoms with Gasteiger partial charge in [-0.05, 0) is 26.8 Å². The smallest absolute Gasteiger partial charge is 0.278 e. The van der Waals surface area contributed by atoms with Crippen molar-refractivity contribution >= 4 is 12.1 Å². The average Bonchev–Trinajstić information content (AvgIpc) is 2.66. The third-order valence-corrected chi connectivity index (χ3v) is 3.17. The van der Waals surface area contributed by atoms with Gasteiger partial charge in [0, 0.05) is 37.9 Å². The Labute approximate surface area is 174 Å². The second kappa shape index (κ2) is 11.4. The minimum Gasteiger partial charge on any atom is -0.471 e. The van der Waals surface area contributed by atoms with Crippen LogP contribution in [0.25, 0.3) is 0 Å². The number of alkyl halides is 2.